The molecule has 0 radical (unpaired) electrons. The fourth-order valence-electron chi connectivity index (χ4n) is 3.36. The number of H-pyrrole nitrogens is 1. The Morgan fingerprint density at radius 2 is 2.11 bits per heavy atom. The maximum Gasteiger partial charge on any atom is 0.104 e. The number of hydrogen-bond donors (Lipinski definition) is 3. The lowest BCUT2D eigenvalue weighted by molar-refractivity contribution is 0.526. The minimum Gasteiger partial charge on any atom is -0.367 e. The van der Waals surface area contributed by atoms with Crippen molar-refractivity contribution in [1.29, 1.82) is 0 Å². The van der Waals surface area contributed by atoms with Crippen molar-refractivity contribution in [2.75, 3.05) is 5.32 Å². The Balaban J connectivity index is 0.00000110. The van der Waals surface area contributed by atoms with E-state index in [0.717, 1.165) is 22.4 Å². The lowest BCUT2D eigenvalue weighted by Crippen LogP contribution is -2.33. The summed E-state index contributed by atoms with van der Waals surface area (Å²) in [5.74, 6) is 1.10. The van der Waals surface area contributed by atoms with Crippen molar-refractivity contribution in [2.24, 2.45) is 0 Å². The summed E-state index contributed by atoms with van der Waals surface area (Å²) in [5.41, 5.74) is 1.14. The third kappa shape index (κ3) is 2.31. The highest BCUT2D eigenvalue weighted by Crippen LogP contribution is 2.31. The molecule has 3 nitrogen and oxygen atoms in total. The van der Waals surface area contributed by atoms with Gasteiger partial charge in [0.1, 0.15) is 5.82 Å². The molecule has 19 heavy (non-hydrogen) atoms. The second-order valence-electron chi connectivity index (χ2n) is 5.45. The molecule has 0 aliphatic carbocycles. The highest BCUT2D eigenvalue weighted by atomic mass is 35.5. The van der Waals surface area contributed by atoms with Gasteiger partial charge in [-0.05, 0) is 43.5 Å². The number of rotatable bonds is 2. The van der Waals surface area contributed by atoms with Gasteiger partial charge in [-0.3, -0.25) is 0 Å². The molecule has 102 valence electrons. The van der Waals surface area contributed by atoms with E-state index in [4.69, 9.17) is 11.6 Å². The normalized spacial score (nSPS) is 28.6. The third-order valence-corrected chi connectivity index (χ3v) is 4.46. The zero-order chi connectivity index (χ0) is 12.1. The van der Waals surface area contributed by atoms with Gasteiger partial charge >= 0.3 is 0 Å². The van der Waals surface area contributed by atoms with Crippen LogP contribution in [0.3, 0.4) is 0 Å². The van der Waals surface area contributed by atoms with Gasteiger partial charge in [-0.25, -0.2) is 0 Å². The van der Waals surface area contributed by atoms with Crippen LogP contribution in [0.15, 0.2) is 24.3 Å². The van der Waals surface area contributed by atoms with Crippen LogP contribution in [0.2, 0.25) is 5.02 Å². The SMILES string of the molecule is Cl.Clc1ccc2[nH]c(NC3CC4CCC3N4)cc2c1. The molecule has 2 aliphatic rings. The summed E-state index contributed by atoms with van der Waals surface area (Å²) < 4.78 is 0. The van der Waals surface area contributed by atoms with Crippen LogP contribution in [-0.2, 0) is 0 Å². The topological polar surface area (TPSA) is 39.9 Å². The smallest absolute Gasteiger partial charge is 0.104 e. The number of aromatic nitrogens is 1. The first-order valence-electron chi connectivity index (χ1n) is 6.59. The predicted molar refractivity (Wildman–Crippen MR) is 82.5 cm³/mol. The van der Waals surface area contributed by atoms with Crippen molar-refractivity contribution in [1.82, 2.24) is 10.3 Å². The molecule has 2 aromatic rings. The molecule has 3 atom stereocenters. The van der Waals surface area contributed by atoms with Gasteiger partial charge in [-0.15, -0.1) is 12.4 Å². The molecule has 1 aromatic carbocycles. The van der Waals surface area contributed by atoms with Crippen LogP contribution in [-0.4, -0.2) is 23.1 Å². The summed E-state index contributed by atoms with van der Waals surface area (Å²) in [4.78, 5) is 3.41. The lowest BCUT2D eigenvalue weighted by atomic mass is 9.95. The molecule has 3 heterocycles. The first-order chi connectivity index (χ1) is 8.78. The maximum atomic E-state index is 6.01. The van der Waals surface area contributed by atoms with Gasteiger partial charge in [0, 0.05) is 34.1 Å². The fourth-order valence-corrected chi connectivity index (χ4v) is 3.55. The van der Waals surface area contributed by atoms with Crippen molar-refractivity contribution in [3.63, 3.8) is 0 Å². The van der Waals surface area contributed by atoms with Crippen molar-refractivity contribution in [2.45, 2.75) is 37.4 Å². The molecule has 5 heteroatoms. The molecule has 0 spiro atoms. The molecular formula is C14H17Cl2N3. The van der Waals surface area contributed by atoms with E-state index in [9.17, 15) is 0 Å². The highest BCUT2D eigenvalue weighted by molar-refractivity contribution is 6.31. The Kier molecular flexibility index (Phi) is 3.37. The van der Waals surface area contributed by atoms with Crippen molar-refractivity contribution in [3.05, 3.63) is 29.3 Å². The molecule has 0 amide bonds. The second-order valence-corrected chi connectivity index (χ2v) is 5.88. The zero-order valence-electron chi connectivity index (χ0n) is 10.4. The van der Waals surface area contributed by atoms with E-state index < -0.39 is 0 Å². The Labute approximate surface area is 123 Å². The molecule has 2 bridgehead atoms. The van der Waals surface area contributed by atoms with Crippen molar-refractivity contribution < 1.29 is 0 Å². The molecule has 4 rings (SSSR count). The van der Waals surface area contributed by atoms with Gasteiger partial charge in [-0.1, -0.05) is 11.6 Å². The number of fused-ring (bicyclic) bond motifs is 3. The van der Waals surface area contributed by atoms with E-state index in [1.165, 1.54) is 24.6 Å². The maximum absolute atomic E-state index is 6.01. The predicted octanol–water partition coefficient (Wildman–Crippen LogP) is 3.55. The molecule has 0 saturated carbocycles. The van der Waals surface area contributed by atoms with Crippen LogP contribution in [0.25, 0.3) is 10.9 Å². The average molecular weight is 298 g/mol. The Morgan fingerprint density at radius 3 is 2.84 bits per heavy atom. The Hall–Kier alpha value is -0.900. The Morgan fingerprint density at radius 1 is 1.21 bits per heavy atom. The highest BCUT2D eigenvalue weighted by Gasteiger charge is 2.38. The van der Waals surface area contributed by atoms with Crippen LogP contribution in [0, 0.1) is 0 Å². The molecular weight excluding hydrogens is 281 g/mol. The fraction of sp³-hybridized carbons (Fsp3) is 0.429. The van der Waals surface area contributed by atoms with E-state index in [1.807, 2.05) is 18.2 Å². The molecule has 1 aromatic heterocycles. The van der Waals surface area contributed by atoms with Crippen LogP contribution >= 0.6 is 24.0 Å². The van der Waals surface area contributed by atoms with E-state index >= 15 is 0 Å². The van der Waals surface area contributed by atoms with Crippen LogP contribution < -0.4 is 10.6 Å². The first-order valence-corrected chi connectivity index (χ1v) is 6.96. The average Bonchev–Trinajstić information content (AvgIpc) is 3.02. The molecule has 3 N–H and O–H groups in total. The van der Waals surface area contributed by atoms with E-state index in [0.29, 0.717) is 12.1 Å². The van der Waals surface area contributed by atoms with E-state index in [2.05, 4.69) is 21.7 Å². The van der Waals surface area contributed by atoms with Crippen LogP contribution in [0.5, 0.6) is 0 Å². The van der Waals surface area contributed by atoms with E-state index in [1.54, 1.807) is 0 Å². The van der Waals surface area contributed by atoms with Gasteiger partial charge in [0.25, 0.3) is 0 Å². The third-order valence-electron chi connectivity index (χ3n) is 4.22. The molecule has 2 saturated heterocycles. The first kappa shape index (κ1) is 13.1. The lowest BCUT2D eigenvalue weighted by Gasteiger charge is -2.21. The summed E-state index contributed by atoms with van der Waals surface area (Å²) in [7, 11) is 0. The van der Waals surface area contributed by atoms with E-state index in [-0.39, 0.29) is 12.4 Å². The van der Waals surface area contributed by atoms with Gasteiger partial charge in [0.2, 0.25) is 0 Å². The zero-order valence-corrected chi connectivity index (χ0v) is 12.0. The molecule has 2 fully saturated rings. The van der Waals surface area contributed by atoms with Crippen molar-refractivity contribution >= 4 is 40.7 Å². The minimum atomic E-state index is 0. The number of benzene rings is 1. The van der Waals surface area contributed by atoms with Gasteiger partial charge < -0.3 is 15.6 Å². The number of aromatic amines is 1. The summed E-state index contributed by atoms with van der Waals surface area (Å²) >= 11 is 6.01. The standard InChI is InChI=1S/C14H16ClN3.ClH/c15-9-1-3-11-8(5-9)6-14(17-11)18-13-7-10-2-4-12(13)16-10;/h1,3,5-6,10,12-13,16-18H,2,4,7H2;1H. The molecule has 3 unspecified atom stereocenters. The number of nitrogens with one attached hydrogen (secondary N) is 3. The summed E-state index contributed by atoms with van der Waals surface area (Å²) in [6.07, 6.45) is 3.88. The molecule has 2 aliphatic heterocycles. The summed E-state index contributed by atoms with van der Waals surface area (Å²) in [5, 5.41) is 9.22. The van der Waals surface area contributed by atoms with Crippen molar-refractivity contribution in [3.8, 4) is 0 Å². The quantitative estimate of drug-likeness (QED) is 0.793. The summed E-state index contributed by atoms with van der Waals surface area (Å²) in [6, 6.07) is 10.0. The van der Waals surface area contributed by atoms with Crippen LogP contribution in [0.4, 0.5) is 5.82 Å². The van der Waals surface area contributed by atoms with Gasteiger partial charge in [0.15, 0.2) is 0 Å². The van der Waals surface area contributed by atoms with Crippen LogP contribution in [0.1, 0.15) is 19.3 Å². The monoisotopic (exact) mass is 297 g/mol. The summed E-state index contributed by atoms with van der Waals surface area (Å²) in [6.45, 7) is 0. The number of hydrogen-bond acceptors (Lipinski definition) is 2. The minimum absolute atomic E-state index is 0. The Bertz CT molecular complexity index is 595. The van der Waals surface area contributed by atoms with Gasteiger partial charge in [-0.2, -0.15) is 0 Å². The second kappa shape index (κ2) is 4.89. The van der Waals surface area contributed by atoms with Gasteiger partial charge in [0.05, 0.1) is 0 Å². The largest absolute Gasteiger partial charge is 0.367 e. The number of anilines is 1. The number of halogens is 2.